The van der Waals surface area contributed by atoms with Gasteiger partial charge in [-0.3, -0.25) is 4.79 Å². The summed E-state index contributed by atoms with van der Waals surface area (Å²) in [6, 6.07) is 5.55. The predicted molar refractivity (Wildman–Crippen MR) is 68.0 cm³/mol. The van der Waals surface area contributed by atoms with Gasteiger partial charge in [0.2, 0.25) is 5.79 Å². The van der Waals surface area contributed by atoms with Gasteiger partial charge in [0.15, 0.2) is 0 Å². The lowest BCUT2D eigenvalue weighted by Gasteiger charge is -2.36. The molecule has 1 aromatic carbocycles. The maximum absolute atomic E-state index is 11.3. The van der Waals surface area contributed by atoms with E-state index < -0.39 is 5.79 Å². The first-order valence-corrected chi connectivity index (χ1v) is 6.08. The van der Waals surface area contributed by atoms with Crippen LogP contribution < -0.4 is 4.74 Å². The molecule has 5 nitrogen and oxygen atoms in total. The standard InChI is InChI=1S/C14H18O5/c1-16-13(15)9-10-4-5-12-11(8-10)14(17-2,18-3)6-7-19-12/h4-5,8H,6-7,9H2,1-3H3. The second kappa shape index (κ2) is 5.59. The first-order chi connectivity index (χ1) is 9.15. The Bertz CT molecular complexity index is 465. The second-order valence-corrected chi connectivity index (χ2v) is 4.34. The highest BCUT2D eigenvalue weighted by Gasteiger charge is 2.38. The normalized spacial score (nSPS) is 16.4. The van der Waals surface area contributed by atoms with Crippen LogP contribution in [0.15, 0.2) is 18.2 Å². The molecule has 1 aliphatic heterocycles. The zero-order chi connectivity index (χ0) is 13.9. The number of hydrogen-bond acceptors (Lipinski definition) is 5. The first kappa shape index (κ1) is 13.8. The number of esters is 1. The van der Waals surface area contributed by atoms with Crippen LogP contribution >= 0.6 is 0 Å². The molecule has 0 saturated heterocycles. The topological polar surface area (TPSA) is 54.0 Å². The van der Waals surface area contributed by atoms with Gasteiger partial charge >= 0.3 is 5.97 Å². The molecule has 0 aliphatic carbocycles. The molecule has 0 fully saturated rings. The zero-order valence-corrected chi connectivity index (χ0v) is 11.4. The van der Waals surface area contributed by atoms with Crippen LogP contribution in [0, 0.1) is 0 Å². The predicted octanol–water partition coefficient (Wildman–Crippen LogP) is 1.63. The average molecular weight is 266 g/mol. The fraction of sp³-hybridized carbons (Fsp3) is 0.500. The minimum Gasteiger partial charge on any atom is -0.493 e. The molecule has 104 valence electrons. The number of carbonyl (C=O) groups is 1. The average Bonchev–Trinajstić information content (AvgIpc) is 2.46. The number of fused-ring (bicyclic) bond motifs is 1. The van der Waals surface area contributed by atoms with Gasteiger partial charge in [-0.2, -0.15) is 0 Å². The van der Waals surface area contributed by atoms with Gasteiger partial charge < -0.3 is 18.9 Å². The van der Waals surface area contributed by atoms with Crippen LogP contribution in [0.25, 0.3) is 0 Å². The van der Waals surface area contributed by atoms with Gasteiger partial charge in [-0.1, -0.05) is 6.07 Å². The van der Waals surface area contributed by atoms with E-state index in [-0.39, 0.29) is 12.4 Å². The highest BCUT2D eigenvalue weighted by atomic mass is 16.7. The molecule has 0 spiro atoms. The van der Waals surface area contributed by atoms with Gasteiger partial charge in [-0.05, 0) is 17.7 Å². The third-order valence-electron chi connectivity index (χ3n) is 3.38. The Morgan fingerprint density at radius 3 is 2.68 bits per heavy atom. The van der Waals surface area contributed by atoms with Crippen LogP contribution in [-0.2, 0) is 31.2 Å². The Morgan fingerprint density at radius 2 is 2.05 bits per heavy atom. The molecule has 0 amide bonds. The van der Waals surface area contributed by atoms with Crippen LogP contribution in [0.2, 0.25) is 0 Å². The molecular formula is C14H18O5. The van der Waals surface area contributed by atoms with Crippen molar-refractivity contribution in [2.75, 3.05) is 27.9 Å². The number of methoxy groups -OCH3 is 3. The summed E-state index contributed by atoms with van der Waals surface area (Å²) >= 11 is 0. The smallest absolute Gasteiger partial charge is 0.309 e. The molecule has 0 radical (unpaired) electrons. The van der Waals surface area contributed by atoms with E-state index in [9.17, 15) is 4.79 Å². The molecule has 0 saturated carbocycles. The third kappa shape index (κ3) is 2.57. The Morgan fingerprint density at radius 1 is 1.32 bits per heavy atom. The summed E-state index contributed by atoms with van der Waals surface area (Å²) in [7, 11) is 4.58. The minimum atomic E-state index is -0.806. The molecular weight excluding hydrogens is 248 g/mol. The molecule has 1 aliphatic rings. The van der Waals surface area contributed by atoms with E-state index in [4.69, 9.17) is 14.2 Å². The van der Waals surface area contributed by atoms with E-state index in [0.717, 1.165) is 16.9 Å². The summed E-state index contributed by atoms with van der Waals surface area (Å²) in [5.41, 5.74) is 1.65. The van der Waals surface area contributed by atoms with Crippen molar-refractivity contribution in [1.82, 2.24) is 0 Å². The molecule has 19 heavy (non-hydrogen) atoms. The van der Waals surface area contributed by atoms with Crippen molar-refractivity contribution in [2.45, 2.75) is 18.6 Å². The van der Waals surface area contributed by atoms with Crippen molar-refractivity contribution in [1.29, 1.82) is 0 Å². The fourth-order valence-corrected chi connectivity index (χ4v) is 2.29. The Hall–Kier alpha value is -1.59. The van der Waals surface area contributed by atoms with Gasteiger partial charge in [0, 0.05) is 20.6 Å². The van der Waals surface area contributed by atoms with Crippen molar-refractivity contribution in [3.05, 3.63) is 29.3 Å². The van der Waals surface area contributed by atoms with Crippen molar-refractivity contribution < 1.29 is 23.7 Å². The Balaban J connectivity index is 2.38. The summed E-state index contributed by atoms with van der Waals surface area (Å²) in [5, 5.41) is 0. The molecule has 5 heteroatoms. The molecule has 0 aromatic heterocycles. The summed E-state index contributed by atoms with van der Waals surface area (Å²) in [5.74, 6) is -0.361. The molecule has 0 atom stereocenters. The van der Waals surface area contributed by atoms with E-state index in [1.54, 1.807) is 14.2 Å². The fourth-order valence-electron chi connectivity index (χ4n) is 2.29. The zero-order valence-electron chi connectivity index (χ0n) is 11.4. The summed E-state index contributed by atoms with van der Waals surface area (Å²) in [4.78, 5) is 11.3. The molecule has 0 N–H and O–H groups in total. The van der Waals surface area contributed by atoms with Crippen LogP contribution in [-0.4, -0.2) is 33.9 Å². The van der Waals surface area contributed by atoms with E-state index >= 15 is 0 Å². The highest BCUT2D eigenvalue weighted by Crippen LogP contribution is 2.40. The van der Waals surface area contributed by atoms with Crippen molar-refractivity contribution in [2.24, 2.45) is 0 Å². The van der Waals surface area contributed by atoms with E-state index in [1.165, 1.54) is 7.11 Å². The molecule has 1 aromatic rings. The second-order valence-electron chi connectivity index (χ2n) is 4.34. The lowest BCUT2D eigenvalue weighted by molar-refractivity contribution is -0.230. The van der Waals surface area contributed by atoms with Gasteiger partial charge in [-0.15, -0.1) is 0 Å². The molecule has 0 bridgehead atoms. The molecule has 1 heterocycles. The number of rotatable bonds is 4. The SMILES string of the molecule is COC(=O)Cc1ccc2c(c1)C(OC)(OC)CCO2. The van der Waals surface area contributed by atoms with Crippen LogP contribution in [0.5, 0.6) is 5.75 Å². The summed E-state index contributed by atoms with van der Waals surface area (Å²) in [6.45, 7) is 0.533. The largest absolute Gasteiger partial charge is 0.493 e. The van der Waals surface area contributed by atoms with E-state index in [2.05, 4.69) is 4.74 Å². The van der Waals surface area contributed by atoms with Crippen molar-refractivity contribution in [3.63, 3.8) is 0 Å². The third-order valence-corrected chi connectivity index (χ3v) is 3.38. The summed E-state index contributed by atoms with van der Waals surface area (Å²) in [6.07, 6.45) is 0.821. The lowest BCUT2D eigenvalue weighted by Crippen LogP contribution is -2.36. The maximum Gasteiger partial charge on any atom is 0.309 e. The van der Waals surface area contributed by atoms with Gasteiger partial charge in [0.1, 0.15) is 5.75 Å². The number of carbonyl (C=O) groups excluding carboxylic acids is 1. The quantitative estimate of drug-likeness (QED) is 0.612. The van der Waals surface area contributed by atoms with Gasteiger partial charge in [0.05, 0.1) is 25.7 Å². The number of benzene rings is 1. The number of hydrogen-bond donors (Lipinski definition) is 0. The highest BCUT2D eigenvalue weighted by molar-refractivity contribution is 5.72. The van der Waals surface area contributed by atoms with Crippen molar-refractivity contribution >= 4 is 5.97 Å². The monoisotopic (exact) mass is 266 g/mol. The van der Waals surface area contributed by atoms with Gasteiger partial charge in [-0.25, -0.2) is 0 Å². The van der Waals surface area contributed by atoms with Crippen LogP contribution in [0.3, 0.4) is 0 Å². The maximum atomic E-state index is 11.3. The Labute approximate surface area is 112 Å². The Kier molecular flexibility index (Phi) is 4.07. The lowest BCUT2D eigenvalue weighted by atomic mass is 9.96. The number of ether oxygens (including phenoxy) is 4. The van der Waals surface area contributed by atoms with Crippen LogP contribution in [0.4, 0.5) is 0 Å². The minimum absolute atomic E-state index is 0.216. The summed E-state index contributed by atoms with van der Waals surface area (Å²) < 4.78 is 21.3. The molecule has 0 unspecified atom stereocenters. The van der Waals surface area contributed by atoms with E-state index in [0.29, 0.717) is 13.0 Å². The van der Waals surface area contributed by atoms with Gasteiger partial charge in [0.25, 0.3) is 0 Å². The first-order valence-electron chi connectivity index (χ1n) is 6.08. The van der Waals surface area contributed by atoms with E-state index in [1.807, 2.05) is 18.2 Å². The van der Waals surface area contributed by atoms with Crippen molar-refractivity contribution in [3.8, 4) is 5.75 Å². The van der Waals surface area contributed by atoms with Crippen LogP contribution in [0.1, 0.15) is 17.5 Å². The molecule has 2 rings (SSSR count).